The van der Waals surface area contributed by atoms with Crippen LogP contribution in [0.15, 0.2) is 34.8 Å². The monoisotopic (exact) mass is 267 g/mol. The van der Waals surface area contributed by atoms with Crippen LogP contribution in [0.2, 0.25) is 0 Å². The minimum Gasteiger partial charge on any atom is -0.480 e. The van der Waals surface area contributed by atoms with Crippen LogP contribution in [0.5, 0.6) is 5.88 Å². The van der Waals surface area contributed by atoms with Gasteiger partial charge in [-0.1, -0.05) is 18.2 Å². The maximum atomic E-state index is 5.70. The first-order valence-electron chi connectivity index (χ1n) is 4.37. The third-order valence-corrected chi connectivity index (χ3v) is 2.75. The second-order valence-electron chi connectivity index (χ2n) is 2.96. The third kappa shape index (κ3) is 1.70. The first-order valence-corrected chi connectivity index (χ1v) is 5.16. The van der Waals surface area contributed by atoms with Crippen LogP contribution in [-0.2, 0) is 0 Å². The maximum absolute atomic E-state index is 5.70. The van der Waals surface area contributed by atoms with Crippen LogP contribution in [0.3, 0.4) is 0 Å². The number of hydrogen-bond acceptors (Lipinski definition) is 3. The van der Waals surface area contributed by atoms with E-state index in [9.17, 15) is 0 Å². The summed E-state index contributed by atoms with van der Waals surface area (Å²) < 4.78 is 7.55. The molecule has 1 heterocycles. The fourth-order valence-corrected chi connectivity index (χ4v) is 1.73. The molecule has 0 saturated carbocycles. The van der Waals surface area contributed by atoms with Crippen molar-refractivity contribution >= 4 is 21.7 Å². The van der Waals surface area contributed by atoms with Crippen LogP contribution in [0.25, 0.3) is 5.69 Å². The minimum absolute atomic E-state index is 0.413. The fraction of sp³-hybridized carbons (Fsp3) is 0.100. The molecule has 4 nitrogen and oxygen atoms in total. The first-order chi connectivity index (χ1) is 7.24. The lowest BCUT2D eigenvalue weighted by Crippen LogP contribution is -1.99. The smallest absolute Gasteiger partial charge is 0.233 e. The van der Waals surface area contributed by atoms with Crippen molar-refractivity contribution < 1.29 is 4.74 Å². The largest absolute Gasteiger partial charge is 0.480 e. The van der Waals surface area contributed by atoms with Gasteiger partial charge in [0.2, 0.25) is 5.88 Å². The quantitative estimate of drug-likeness (QED) is 0.908. The number of anilines is 1. The van der Waals surface area contributed by atoms with Gasteiger partial charge in [0.05, 0.1) is 12.8 Å². The van der Waals surface area contributed by atoms with Gasteiger partial charge < -0.3 is 10.5 Å². The van der Waals surface area contributed by atoms with Crippen LogP contribution in [0.1, 0.15) is 0 Å². The Hall–Kier alpha value is -1.49. The SMILES string of the molecule is COc1c(Br)c(N)nn1-c1ccccc1. The zero-order valence-corrected chi connectivity index (χ0v) is 9.73. The molecule has 1 aromatic carbocycles. The molecule has 78 valence electrons. The lowest BCUT2D eigenvalue weighted by Gasteiger charge is -2.05. The lowest BCUT2D eigenvalue weighted by atomic mass is 10.3. The van der Waals surface area contributed by atoms with Gasteiger partial charge in [-0.05, 0) is 28.1 Å². The van der Waals surface area contributed by atoms with E-state index >= 15 is 0 Å². The van der Waals surface area contributed by atoms with E-state index in [0.29, 0.717) is 16.2 Å². The van der Waals surface area contributed by atoms with E-state index in [1.165, 1.54) is 0 Å². The van der Waals surface area contributed by atoms with Crippen molar-refractivity contribution in [3.8, 4) is 11.6 Å². The van der Waals surface area contributed by atoms with Crippen molar-refractivity contribution in [3.63, 3.8) is 0 Å². The molecule has 0 aliphatic heterocycles. The van der Waals surface area contributed by atoms with Crippen molar-refractivity contribution in [1.29, 1.82) is 0 Å². The van der Waals surface area contributed by atoms with Crippen molar-refractivity contribution in [2.75, 3.05) is 12.8 Å². The lowest BCUT2D eigenvalue weighted by molar-refractivity contribution is 0.381. The molecule has 2 rings (SSSR count). The molecule has 0 bridgehead atoms. The van der Waals surface area contributed by atoms with Gasteiger partial charge in [-0.25, -0.2) is 0 Å². The number of rotatable bonds is 2. The zero-order chi connectivity index (χ0) is 10.8. The van der Waals surface area contributed by atoms with Crippen LogP contribution in [0.4, 0.5) is 5.82 Å². The van der Waals surface area contributed by atoms with E-state index < -0.39 is 0 Å². The molecule has 0 unspecified atom stereocenters. The van der Waals surface area contributed by atoms with Gasteiger partial charge >= 0.3 is 0 Å². The van der Waals surface area contributed by atoms with Crippen molar-refractivity contribution in [3.05, 3.63) is 34.8 Å². The van der Waals surface area contributed by atoms with Crippen molar-refractivity contribution in [1.82, 2.24) is 9.78 Å². The Labute approximate surface area is 95.8 Å². The molecule has 0 amide bonds. The zero-order valence-electron chi connectivity index (χ0n) is 8.14. The number of halogens is 1. The molecular formula is C10H10BrN3O. The summed E-state index contributed by atoms with van der Waals surface area (Å²) in [6.07, 6.45) is 0. The summed E-state index contributed by atoms with van der Waals surface area (Å²) in [5.74, 6) is 1.01. The Morgan fingerprint density at radius 1 is 1.33 bits per heavy atom. The number of methoxy groups -OCH3 is 1. The van der Waals surface area contributed by atoms with E-state index in [2.05, 4.69) is 21.0 Å². The molecule has 0 saturated heterocycles. The highest BCUT2D eigenvalue weighted by atomic mass is 79.9. The van der Waals surface area contributed by atoms with E-state index in [-0.39, 0.29) is 0 Å². The summed E-state index contributed by atoms with van der Waals surface area (Å²) in [5.41, 5.74) is 6.60. The van der Waals surface area contributed by atoms with E-state index in [0.717, 1.165) is 5.69 Å². The number of nitrogens with zero attached hydrogens (tertiary/aromatic N) is 2. The van der Waals surface area contributed by atoms with Crippen molar-refractivity contribution in [2.24, 2.45) is 0 Å². The fourth-order valence-electron chi connectivity index (χ4n) is 1.32. The number of para-hydroxylation sites is 1. The Kier molecular flexibility index (Phi) is 2.64. The highest BCUT2D eigenvalue weighted by Crippen LogP contribution is 2.32. The average molecular weight is 268 g/mol. The van der Waals surface area contributed by atoms with Crippen LogP contribution >= 0.6 is 15.9 Å². The predicted octanol–water partition coefficient (Wildman–Crippen LogP) is 2.23. The summed E-state index contributed by atoms with van der Waals surface area (Å²) in [5, 5.41) is 4.17. The Balaban J connectivity index is 2.58. The molecule has 0 aliphatic carbocycles. The maximum Gasteiger partial charge on any atom is 0.233 e. The molecule has 0 aliphatic rings. The summed E-state index contributed by atoms with van der Waals surface area (Å²) in [6, 6.07) is 9.67. The van der Waals surface area contributed by atoms with Crippen LogP contribution in [-0.4, -0.2) is 16.9 Å². The highest BCUT2D eigenvalue weighted by molar-refractivity contribution is 9.10. The van der Waals surface area contributed by atoms with Crippen LogP contribution < -0.4 is 10.5 Å². The Morgan fingerprint density at radius 3 is 2.60 bits per heavy atom. The van der Waals surface area contributed by atoms with Crippen LogP contribution in [0, 0.1) is 0 Å². The molecule has 15 heavy (non-hydrogen) atoms. The van der Waals surface area contributed by atoms with Gasteiger partial charge in [0.25, 0.3) is 0 Å². The standard InChI is InChI=1S/C10H10BrN3O/c1-15-10-8(11)9(12)13-14(10)7-5-3-2-4-6-7/h2-6H,1H3,(H2,12,13). The molecule has 5 heteroatoms. The summed E-state index contributed by atoms with van der Waals surface area (Å²) >= 11 is 3.33. The van der Waals surface area contributed by atoms with Gasteiger partial charge in [0.1, 0.15) is 4.47 Å². The minimum atomic E-state index is 0.413. The number of nitrogen functional groups attached to an aromatic ring is 1. The molecule has 2 aromatic rings. The number of benzene rings is 1. The third-order valence-electron chi connectivity index (χ3n) is 2.01. The molecule has 0 spiro atoms. The van der Waals surface area contributed by atoms with Crippen molar-refractivity contribution in [2.45, 2.75) is 0 Å². The molecule has 1 aromatic heterocycles. The summed E-state index contributed by atoms with van der Waals surface area (Å²) in [4.78, 5) is 0. The van der Waals surface area contributed by atoms with Gasteiger partial charge in [0, 0.05) is 0 Å². The van der Waals surface area contributed by atoms with Gasteiger partial charge in [0.15, 0.2) is 5.82 Å². The summed E-state index contributed by atoms with van der Waals surface area (Å²) in [7, 11) is 1.58. The van der Waals surface area contributed by atoms with E-state index in [1.54, 1.807) is 11.8 Å². The molecular weight excluding hydrogens is 258 g/mol. The van der Waals surface area contributed by atoms with E-state index in [1.807, 2.05) is 30.3 Å². The number of aromatic nitrogens is 2. The highest BCUT2D eigenvalue weighted by Gasteiger charge is 2.14. The average Bonchev–Trinajstić information content (AvgIpc) is 2.56. The molecule has 0 fully saturated rings. The second kappa shape index (κ2) is 3.94. The first kappa shape index (κ1) is 10.0. The van der Waals surface area contributed by atoms with Gasteiger partial charge in [-0.3, -0.25) is 0 Å². The normalized spacial score (nSPS) is 10.3. The Morgan fingerprint density at radius 2 is 2.00 bits per heavy atom. The molecule has 0 radical (unpaired) electrons. The molecule has 2 N–H and O–H groups in total. The summed E-state index contributed by atoms with van der Waals surface area (Å²) in [6.45, 7) is 0. The number of ether oxygens (including phenoxy) is 1. The topological polar surface area (TPSA) is 53.1 Å². The Bertz CT molecular complexity index is 467. The second-order valence-corrected chi connectivity index (χ2v) is 3.75. The van der Waals surface area contributed by atoms with Gasteiger partial charge in [-0.2, -0.15) is 4.68 Å². The van der Waals surface area contributed by atoms with E-state index in [4.69, 9.17) is 10.5 Å². The number of nitrogens with two attached hydrogens (primary N) is 1. The number of hydrogen-bond donors (Lipinski definition) is 1. The molecule has 0 atom stereocenters. The van der Waals surface area contributed by atoms with Gasteiger partial charge in [-0.15, -0.1) is 5.10 Å². The predicted molar refractivity (Wildman–Crippen MR) is 62.2 cm³/mol.